The minimum absolute atomic E-state index is 0.191. The zero-order valence-corrected chi connectivity index (χ0v) is 13.0. The number of carboxylic acids is 1. The second-order valence-corrected chi connectivity index (χ2v) is 6.05. The Hall–Kier alpha value is -1.97. The molecule has 1 amide bonds. The summed E-state index contributed by atoms with van der Waals surface area (Å²) in [4.78, 5) is 34.3. The van der Waals surface area contributed by atoms with E-state index in [1.165, 1.54) is 17.4 Å². The van der Waals surface area contributed by atoms with Gasteiger partial charge in [-0.15, -0.1) is 11.3 Å². The highest BCUT2D eigenvalue weighted by molar-refractivity contribution is 7.11. The summed E-state index contributed by atoms with van der Waals surface area (Å²) >= 11 is 1.32. The van der Waals surface area contributed by atoms with E-state index in [2.05, 4.69) is 5.32 Å². The van der Waals surface area contributed by atoms with Crippen molar-refractivity contribution < 1.29 is 29.2 Å². The van der Waals surface area contributed by atoms with Crippen LogP contribution < -0.4 is 5.32 Å². The smallest absolute Gasteiger partial charge is 0.478 e. The third kappa shape index (κ3) is 4.75. The van der Waals surface area contributed by atoms with Gasteiger partial charge in [-0.25, -0.2) is 0 Å². The lowest BCUT2D eigenvalue weighted by Gasteiger charge is -2.31. The lowest BCUT2D eigenvalue weighted by atomic mass is 9.72. The Labute approximate surface area is 137 Å². The summed E-state index contributed by atoms with van der Waals surface area (Å²) in [5, 5.41) is 23.1. The zero-order valence-electron chi connectivity index (χ0n) is 12.2. The standard InChI is InChI=1S/C14H16BNO6S/c17-6-5-10(11-2-1-7-23-11)14(20)16-12-4-3-9(8-13(18)19)22-15(12)21/h1-2,5-7,9,12,21H,3-4,8H2,(H,16,20)(H,18,19)/b10-5+/t9-,12-/m0/s1. The van der Waals surface area contributed by atoms with Gasteiger partial charge in [0.25, 0.3) is 5.91 Å². The second kappa shape index (κ2) is 8.05. The molecule has 0 saturated carbocycles. The quantitative estimate of drug-likeness (QED) is 0.396. The predicted molar refractivity (Wildman–Crippen MR) is 84.6 cm³/mol. The maximum absolute atomic E-state index is 12.3. The Kier molecular flexibility index (Phi) is 6.08. The first kappa shape index (κ1) is 17.4. The lowest BCUT2D eigenvalue weighted by Crippen LogP contribution is -2.53. The fraction of sp³-hybridized carbons (Fsp3) is 0.357. The van der Waals surface area contributed by atoms with Crippen molar-refractivity contribution in [2.24, 2.45) is 0 Å². The molecule has 1 aliphatic rings. The van der Waals surface area contributed by atoms with Crippen LogP contribution in [-0.4, -0.2) is 47.5 Å². The number of thiophene rings is 1. The number of nitrogens with one attached hydrogen (secondary N) is 1. The Balaban J connectivity index is 1.98. The maximum atomic E-state index is 12.3. The molecule has 122 valence electrons. The van der Waals surface area contributed by atoms with Gasteiger partial charge in [0.2, 0.25) is 0 Å². The van der Waals surface area contributed by atoms with E-state index in [1.807, 2.05) is 0 Å². The molecular weight excluding hydrogens is 321 g/mol. The van der Waals surface area contributed by atoms with Gasteiger partial charge in [0, 0.05) is 4.88 Å². The molecule has 0 aliphatic carbocycles. The van der Waals surface area contributed by atoms with Gasteiger partial charge in [-0.05, 0) is 30.4 Å². The summed E-state index contributed by atoms with van der Waals surface area (Å²) in [6, 6.07) is 3.48. The molecule has 0 unspecified atom stereocenters. The van der Waals surface area contributed by atoms with Gasteiger partial charge in [-0.3, -0.25) is 14.4 Å². The van der Waals surface area contributed by atoms with Crippen molar-refractivity contribution in [3.8, 4) is 0 Å². The first-order valence-electron chi connectivity index (χ1n) is 7.06. The van der Waals surface area contributed by atoms with Crippen LogP contribution in [0.25, 0.3) is 5.57 Å². The Bertz CT molecular complexity index is 602. The third-order valence-corrected chi connectivity index (χ3v) is 4.36. The molecule has 1 saturated heterocycles. The highest BCUT2D eigenvalue weighted by atomic mass is 32.1. The van der Waals surface area contributed by atoms with E-state index in [9.17, 15) is 19.4 Å². The Morgan fingerprint density at radius 1 is 1.48 bits per heavy atom. The number of allylic oxidation sites excluding steroid dienone is 1. The Morgan fingerprint density at radius 3 is 2.83 bits per heavy atom. The van der Waals surface area contributed by atoms with Crippen LogP contribution in [0.3, 0.4) is 0 Å². The summed E-state index contributed by atoms with van der Waals surface area (Å²) in [7, 11) is -1.28. The van der Waals surface area contributed by atoms with Gasteiger partial charge in [-0.1, -0.05) is 6.07 Å². The molecule has 2 heterocycles. The minimum Gasteiger partial charge on any atom is -0.481 e. The fourth-order valence-corrected chi connectivity index (χ4v) is 3.12. The van der Waals surface area contributed by atoms with Crippen LogP contribution in [0.2, 0.25) is 0 Å². The van der Waals surface area contributed by atoms with Gasteiger partial charge in [0.05, 0.1) is 24.0 Å². The summed E-state index contributed by atoms with van der Waals surface area (Å²) in [5.74, 6) is -2.13. The summed E-state index contributed by atoms with van der Waals surface area (Å²) in [6.07, 6.45) is 1.75. The molecule has 1 fully saturated rings. The molecule has 0 spiro atoms. The summed E-state index contributed by atoms with van der Waals surface area (Å²) < 4.78 is 5.21. The first-order valence-corrected chi connectivity index (χ1v) is 7.94. The first-order chi connectivity index (χ1) is 11.0. The number of hydrogen-bond donors (Lipinski definition) is 3. The number of carboxylic acid groups (broad SMARTS) is 1. The van der Waals surface area contributed by atoms with Crippen molar-refractivity contribution in [3.63, 3.8) is 0 Å². The van der Waals surface area contributed by atoms with Crippen molar-refractivity contribution in [2.45, 2.75) is 31.3 Å². The average molecular weight is 337 g/mol. The molecule has 23 heavy (non-hydrogen) atoms. The third-order valence-electron chi connectivity index (χ3n) is 3.46. The Morgan fingerprint density at radius 2 is 2.26 bits per heavy atom. The molecule has 1 aromatic heterocycles. The highest BCUT2D eigenvalue weighted by Gasteiger charge is 2.37. The minimum atomic E-state index is -1.28. The van der Waals surface area contributed by atoms with Crippen molar-refractivity contribution in [1.82, 2.24) is 5.32 Å². The average Bonchev–Trinajstić information content (AvgIpc) is 3.00. The summed E-state index contributed by atoms with van der Waals surface area (Å²) in [5.41, 5.74) is 0.217. The van der Waals surface area contributed by atoms with Gasteiger partial charge < -0.3 is 20.1 Å². The van der Waals surface area contributed by atoms with Crippen LogP contribution >= 0.6 is 11.3 Å². The molecule has 0 radical (unpaired) electrons. The largest absolute Gasteiger partial charge is 0.481 e. The lowest BCUT2D eigenvalue weighted by molar-refractivity contribution is -0.139. The van der Waals surface area contributed by atoms with Crippen LogP contribution in [0.15, 0.2) is 23.6 Å². The van der Waals surface area contributed by atoms with Crippen LogP contribution in [0.4, 0.5) is 0 Å². The van der Waals surface area contributed by atoms with Crippen LogP contribution in [-0.2, 0) is 19.0 Å². The van der Waals surface area contributed by atoms with E-state index in [0.717, 1.165) is 0 Å². The molecule has 3 N–H and O–H groups in total. The topological polar surface area (TPSA) is 113 Å². The van der Waals surface area contributed by atoms with E-state index in [1.54, 1.807) is 17.5 Å². The van der Waals surface area contributed by atoms with E-state index in [0.29, 0.717) is 24.0 Å². The highest BCUT2D eigenvalue weighted by Crippen LogP contribution is 2.22. The number of carbonyl (C=O) groups excluding carboxylic acids is 2. The van der Waals surface area contributed by atoms with Gasteiger partial charge in [0.15, 0.2) is 0 Å². The molecular formula is C14H16BNO6S. The molecule has 0 bridgehead atoms. The number of amides is 1. The number of rotatable bonds is 6. The van der Waals surface area contributed by atoms with Crippen molar-refractivity contribution in [1.29, 1.82) is 0 Å². The van der Waals surface area contributed by atoms with E-state index in [-0.39, 0.29) is 12.0 Å². The fourth-order valence-electron chi connectivity index (χ4n) is 2.37. The number of aldehydes is 1. The van der Waals surface area contributed by atoms with E-state index in [4.69, 9.17) is 9.76 Å². The molecule has 7 nitrogen and oxygen atoms in total. The predicted octanol–water partition coefficient (Wildman–Crippen LogP) is 0.489. The molecule has 1 aliphatic heterocycles. The van der Waals surface area contributed by atoms with Crippen molar-refractivity contribution in [3.05, 3.63) is 28.5 Å². The maximum Gasteiger partial charge on any atom is 0.478 e. The van der Waals surface area contributed by atoms with Crippen molar-refractivity contribution >= 4 is 42.2 Å². The molecule has 9 heteroatoms. The monoisotopic (exact) mass is 337 g/mol. The van der Waals surface area contributed by atoms with Crippen molar-refractivity contribution in [2.75, 3.05) is 0 Å². The van der Waals surface area contributed by atoms with Crippen LogP contribution in [0.1, 0.15) is 24.1 Å². The second-order valence-electron chi connectivity index (χ2n) is 5.10. The number of hydrogen-bond acceptors (Lipinski definition) is 6. The molecule has 0 aromatic carbocycles. The molecule has 1 aromatic rings. The van der Waals surface area contributed by atoms with Crippen LogP contribution in [0, 0.1) is 0 Å². The van der Waals surface area contributed by atoms with Crippen LogP contribution in [0.5, 0.6) is 0 Å². The molecule has 2 atom stereocenters. The van der Waals surface area contributed by atoms with Gasteiger partial charge >= 0.3 is 13.1 Å². The molecule has 2 rings (SSSR count). The van der Waals surface area contributed by atoms with Gasteiger partial charge in [-0.2, -0.15) is 0 Å². The normalized spacial score (nSPS) is 21.8. The number of carbonyl (C=O) groups is 3. The van der Waals surface area contributed by atoms with E-state index < -0.39 is 31.0 Å². The van der Waals surface area contributed by atoms with Gasteiger partial charge in [0.1, 0.15) is 6.29 Å². The summed E-state index contributed by atoms with van der Waals surface area (Å²) in [6.45, 7) is 0. The van der Waals surface area contributed by atoms with E-state index >= 15 is 0 Å². The SMILES string of the molecule is O=C/C=C(/C(=O)N[C@H]1CC[C@@H](CC(=O)O)OB1O)c1cccs1. The number of aliphatic carboxylic acids is 1. The zero-order chi connectivity index (χ0) is 16.8.